The SMILES string of the molecule is NC(=O)C(C[C@H](NC(=O)OCC1c2ccccc2-c2ccccc21)C(=O)O)C(c1ccccc1)(c1ccccc1)c1ccccc1. The summed E-state index contributed by atoms with van der Waals surface area (Å²) < 4.78 is 5.67. The molecule has 1 unspecified atom stereocenters. The fraction of sp³-hybridized carbons (Fsp3) is 0.154. The van der Waals surface area contributed by atoms with Gasteiger partial charge in [0.1, 0.15) is 12.6 Å². The van der Waals surface area contributed by atoms with E-state index in [9.17, 15) is 19.5 Å². The van der Waals surface area contributed by atoms with Gasteiger partial charge in [0, 0.05) is 5.92 Å². The number of nitrogens with one attached hydrogen (secondary N) is 1. The van der Waals surface area contributed by atoms with E-state index in [0.717, 1.165) is 38.9 Å². The molecule has 2 atom stereocenters. The number of rotatable bonds is 11. The van der Waals surface area contributed by atoms with E-state index in [2.05, 4.69) is 5.32 Å². The third-order valence-electron chi connectivity index (χ3n) is 8.96. The molecule has 0 saturated carbocycles. The molecule has 0 fully saturated rings. The van der Waals surface area contributed by atoms with Gasteiger partial charge in [-0.15, -0.1) is 0 Å². The van der Waals surface area contributed by atoms with Crippen molar-refractivity contribution < 1.29 is 24.2 Å². The number of ether oxygens (including phenoxy) is 1. The molecule has 0 heterocycles. The van der Waals surface area contributed by atoms with Gasteiger partial charge in [-0.3, -0.25) is 4.79 Å². The van der Waals surface area contributed by atoms with Crippen molar-refractivity contribution in [3.63, 3.8) is 0 Å². The highest BCUT2D eigenvalue weighted by atomic mass is 16.5. The van der Waals surface area contributed by atoms with Gasteiger partial charge < -0.3 is 20.9 Å². The summed E-state index contributed by atoms with van der Waals surface area (Å²) >= 11 is 0. The van der Waals surface area contributed by atoms with Crippen molar-refractivity contribution >= 4 is 18.0 Å². The largest absolute Gasteiger partial charge is 0.480 e. The number of carbonyl (C=O) groups excluding carboxylic acids is 2. The molecule has 7 nitrogen and oxygen atoms in total. The number of benzene rings is 5. The first-order chi connectivity index (χ1) is 22.4. The predicted octanol–water partition coefficient (Wildman–Crippen LogP) is 6.50. The lowest BCUT2D eigenvalue weighted by atomic mass is 9.60. The van der Waals surface area contributed by atoms with Crippen LogP contribution < -0.4 is 11.1 Å². The Bertz CT molecular complexity index is 1700. The van der Waals surface area contributed by atoms with Crippen LogP contribution in [-0.4, -0.2) is 35.7 Å². The maximum Gasteiger partial charge on any atom is 0.407 e. The van der Waals surface area contributed by atoms with Crippen LogP contribution in [0.15, 0.2) is 140 Å². The maximum absolute atomic E-state index is 13.5. The second-order valence-electron chi connectivity index (χ2n) is 11.5. The van der Waals surface area contributed by atoms with Gasteiger partial charge in [-0.05, 0) is 45.4 Å². The van der Waals surface area contributed by atoms with Crippen LogP contribution in [0.1, 0.15) is 40.2 Å². The number of aliphatic carboxylic acids is 1. The van der Waals surface area contributed by atoms with Gasteiger partial charge >= 0.3 is 12.1 Å². The normalized spacial score (nSPS) is 13.6. The molecule has 46 heavy (non-hydrogen) atoms. The van der Waals surface area contributed by atoms with Crippen LogP contribution in [0.4, 0.5) is 4.79 Å². The van der Waals surface area contributed by atoms with Crippen LogP contribution in [-0.2, 0) is 19.7 Å². The fourth-order valence-electron chi connectivity index (χ4n) is 6.95. The lowest BCUT2D eigenvalue weighted by Gasteiger charge is -2.42. The van der Waals surface area contributed by atoms with Gasteiger partial charge in [-0.25, -0.2) is 9.59 Å². The van der Waals surface area contributed by atoms with E-state index in [4.69, 9.17) is 10.5 Å². The maximum atomic E-state index is 13.5. The summed E-state index contributed by atoms with van der Waals surface area (Å²) in [4.78, 5) is 39.5. The van der Waals surface area contributed by atoms with Crippen molar-refractivity contribution in [2.24, 2.45) is 11.7 Å². The number of nitrogens with two attached hydrogens (primary N) is 1. The number of hydrogen-bond acceptors (Lipinski definition) is 4. The first-order valence-corrected chi connectivity index (χ1v) is 15.2. The Hall–Kier alpha value is -5.69. The Labute approximate surface area is 267 Å². The number of hydrogen-bond donors (Lipinski definition) is 3. The minimum atomic E-state index is -1.47. The van der Waals surface area contributed by atoms with E-state index in [0.29, 0.717) is 0 Å². The Morgan fingerprint density at radius 3 is 1.50 bits per heavy atom. The average molecular weight is 611 g/mol. The van der Waals surface area contributed by atoms with Crippen LogP contribution >= 0.6 is 0 Å². The molecule has 0 bridgehead atoms. The van der Waals surface area contributed by atoms with Gasteiger partial charge in [0.15, 0.2) is 0 Å². The standard InChI is InChI=1S/C39H34N2O5/c40-36(42)34(39(26-14-4-1-5-15-26,27-16-6-2-7-17-27)28-18-8-3-9-19-28)24-35(37(43)44)41-38(45)46-25-33-31-22-12-10-20-29(31)30-21-11-13-23-32(30)33/h1-23,33-35H,24-25H2,(H2,40,42)(H,41,45)(H,43,44)/t34?,35-/m0/s1. The molecule has 1 aliphatic rings. The zero-order valence-corrected chi connectivity index (χ0v) is 25.1. The molecule has 0 aliphatic heterocycles. The molecular formula is C39H34N2O5. The Morgan fingerprint density at radius 1 is 0.674 bits per heavy atom. The third-order valence-corrected chi connectivity index (χ3v) is 8.96. The summed E-state index contributed by atoms with van der Waals surface area (Å²) in [6.07, 6.45) is -1.17. The highest BCUT2D eigenvalue weighted by molar-refractivity contribution is 5.85. The first kappa shape index (κ1) is 30.3. The molecule has 230 valence electrons. The molecule has 5 aromatic rings. The van der Waals surface area contributed by atoms with Gasteiger partial charge in [0.25, 0.3) is 0 Å². The molecule has 0 spiro atoms. The zero-order chi connectivity index (χ0) is 32.1. The third kappa shape index (κ3) is 5.63. The Morgan fingerprint density at radius 2 is 1.09 bits per heavy atom. The summed E-state index contributed by atoms with van der Waals surface area (Å²) in [6.45, 7) is 0.0213. The van der Waals surface area contributed by atoms with Crippen LogP contribution in [0.5, 0.6) is 0 Å². The van der Waals surface area contributed by atoms with Crippen LogP contribution in [0, 0.1) is 5.92 Å². The summed E-state index contributed by atoms with van der Waals surface area (Å²) in [5.74, 6) is -3.27. The number of alkyl carbamates (subject to hydrolysis) is 1. The molecule has 6 rings (SSSR count). The molecule has 0 saturated heterocycles. The van der Waals surface area contributed by atoms with E-state index in [-0.39, 0.29) is 18.9 Å². The lowest BCUT2D eigenvalue weighted by molar-refractivity contribution is -0.140. The van der Waals surface area contributed by atoms with E-state index < -0.39 is 35.3 Å². The second-order valence-corrected chi connectivity index (χ2v) is 11.5. The topological polar surface area (TPSA) is 119 Å². The molecule has 4 N–H and O–H groups in total. The number of carboxylic acid groups (broad SMARTS) is 1. The predicted molar refractivity (Wildman–Crippen MR) is 176 cm³/mol. The van der Waals surface area contributed by atoms with Gasteiger partial charge in [-0.2, -0.15) is 0 Å². The van der Waals surface area contributed by atoms with Gasteiger partial charge in [0.05, 0.1) is 11.3 Å². The highest BCUT2D eigenvalue weighted by Gasteiger charge is 2.48. The molecule has 0 radical (unpaired) electrons. The lowest BCUT2D eigenvalue weighted by Crippen LogP contribution is -2.51. The monoisotopic (exact) mass is 610 g/mol. The number of primary amides is 1. The number of carboxylic acids is 1. The molecule has 7 heteroatoms. The number of amides is 2. The summed E-state index contributed by atoms with van der Waals surface area (Å²) in [5.41, 5.74) is 11.6. The second kappa shape index (κ2) is 13.1. The Balaban J connectivity index is 1.32. The van der Waals surface area contributed by atoms with Crippen molar-refractivity contribution in [1.29, 1.82) is 0 Å². The number of carbonyl (C=O) groups is 3. The van der Waals surface area contributed by atoms with Crippen molar-refractivity contribution in [3.8, 4) is 11.1 Å². The summed E-state index contributed by atoms with van der Waals surface area (Å²) in [6, 6.07) is 42.8. The quantitative estimate of drug-likeness (QED) is 0.148. The fourth-order valence-corrected chi connectivity index (χ4v) is 6.95. The minimum absolute atomic E-state index is 0.0213. The van der Waals surface area contributed by atoms with Crippen LogP contribution in [0.2, 0.25) is 0 Å². The zero-order valence-electron chi connectivity index (χ0n) is 25.1. The first-order valence-electron chi connectivity index (χ1n) is 15.2. The average Bonchev–Trinajstić information content (AvgIpc) is 3.41. The summed E-state index contributed by atoms with van der Waals surface area (Å²) in [7, 11) is 0. The van der Waals surface area contributed by atoms with Gasteiger partial charge in [-0.1, -0.05) is 140 Å². The van der Waals surface area contributed by atoms with Crippen molar-refractivity contribution in [2.75, 3.05) is 6.61 Å². The molecule has 0 aromatic heterocycles. The van der Waals surface area contributed by atoms with E-state index in [1.807, 2.05) is 140 Å². The minimum Gasteiger partial charge on any atom is -0.480 e. The van der Waals surface area contributed by atoms with E-state index >= 15 is 0 Å². The van der Waals surface area contributed by atoms with Crippen LogP contribution in [0.25, 0.3) is 11.1 Å². The van der Waals surface area contributed by atoms with Crippen LogP contribution in [0.3, 0.4) is 0 Å². The van der Waals surface area contributed by atoms with E-state index in [1.165, 1.54) is 0 Å². The molecule has 2 amide bonds. The Kier molecular flexibility index (Phi) is 8.65. The smallest absolute Gasteiger partial charge is 0.407 e. The van der Waals surface area contributed by atoms with Crippen molar-refractivity contribution in [1.82, 2.24) is 5.32 Å². The number of fused-ring (bicyclic) bond motifs is 3. The molecule has 1 aliphatic carbocycles. The molecular weight excluding hydrogens is 576 g/mol. The van der Waals surface area contributed by atoms with E-state index in [1.54, 1.807) is 0 Å². The summed E-state index contributed by atoms with van der Waals surface area (Å²) in [5, 5.41) is 12.9. The molecule has 5 aromatic carbocycles. The van der Waals surface area contributed by atoms with Crippen molar-refractivity contribution in [2.45, 2.75) is 23.8 Å². The van der Waals surface area contributed by atoms with Gasteiger partial charge in [0.2, 0.25) is 5.91 Å². The van der Waals surface area contributed by atoms with Crippen molar-refractivity contribution in [3.05, 3.63) is 167 Å². The highest BCUT2D eigenvalue weighted by Crippen LogP contribution is 2.47.